The minimum Gasteiger partial charge on any atom is -0.497 e. The summed E-state index contributed by atoms with van der Waals surface area (Å²) < 4.78 is 5.03. The van der Waals surface area contributed by atoms with Gasteiger partial charge >= 0.3 is 12.0 Å². The van der Waals surface area contributed by atoms with Gasteiger partial charge in [-0.25, -0.2) is 4.79 Å². The Kier molecular flexibility index (Phi) is 4.96. The normalized spacial score (nSPS) is 10.8. The molecule has 0 saturated heterocycles. The number of carbonyl (C=O) groups is 2. The summed E-state index contributed by atoms with van der Waals surface area (Å²) in [7, 11) is 1.56. The molecule has 1 aromatic carbocycles. The van der Waals surface area contributed by atoms with Crippen molar-refractivity contribution >= 4 is 17.7 Å². The van der Waals surface area contributed by atoms with Gasteiger partial charge in [0.05, 0.1) is 7.11 Å². The summed E-state index contributed by atoms with van der Waals surface area (Å²) in [6.07, 6.45) is 0. The summed E-state index contributed by atoms with van der Waals surface area (Å²) >= 11 is 0. The fourth-order valence-electron chi connectivity index (χ4n) is 1.61. The smallest absolute Gasteiger partial charge is 0.323 e. The monoisotopic (exact) mass is 280 g/mol. The summed E-state index contributed by atoms with van der Waals surface area (Å²) in [6.45, 7) is 4.99. The fourth-order valence-corrected chi connectivity index (χ4v) is 1.61. The fraction of sp³-hybridized carbons (Fsp3) is 0.429. The maximum absolute atomic E-state index is 12.2. The van der Waals surface area contributed by atoms with Crippen molar-refractivity contribution in [2.75, 3.05) is 19.0 Å². The standard InChI is InChI=1S/C14H20N2O4/c1-14(2,3)16(9-12(17)18)13(19)15-10-5-7-11(20-4)8-6-10/h5-8H,9H2,1-4H3,(H,15,19)(H,17,18). The first-order chi connectivity index (χ1) is 9.24. The summed E-state index contributed by atoms with van der Waals surface area (Å²) in [6, 6.07) is 6.36. The number of carboxylic acids is 1. The third-order valence-corrected chi connectivity index (χ3v) is 2.69. The van der Waals surface area contributed by atoms with Crippen LogP contribution in [0.25, 0.3) is 0 Å². The third-order valence-electron chi connectivity index (χ3n) is 2.69. The molecule has 1 aromatic rings. The minimum atomic E-state index is -1.05. The number of hydrogen-bond donors (Lipinski definition) is 2. The maximum Gasteiger partial charge on any atom is 0.323 e. The number of benzene rings is 1. The van der Waals surface area contributed by atoms with Gasteiger partial charge in [0.25, 0.3) is 0 Å². The van der Waals surface area contributed by atoms with Crippen LogP contribution >= 0.6 is 0 Å². The molecule has 20 heavy (non-hydrogen) atoms. The Labute approximate surface area is 118 Å². The number of anilines is 1. The quantitative estimate of drug-likeness (QED) is 0.887. The van der Waals surface area contributed by atoms with E-state index in [1.165, 1.54) is 4.90 Å². The van der Waals surface area contributed by atoms with Crippen molar-refractivity contribution < 1.29 is 19.4 Å². The second-order valence-electron chi connectivity index (χ2n) is 5.31. The molecule has 6 heteroatoms. The number of methoxy groups -OCH3 is 1. The van der Waals surface area contributed by atoms with Crippen molar-refractivity contribution in [3.63, 3.8) is 0 Å². The van der Waals surface area contributed by atoms with E-state index in [1.54, 1.807) is 52.1 Å². The summed E-state index contributed by atoms with van der Waals surface area (Å²) in [5.74, 6) is -0.369. The van der Waals surface area contributed by atoms with Crippen molar-refractivity contribution in [1.29, 1.82) is 0 Å². The van der Waals surface area contributed by atoms with Gasteiger partial charge in [-0.05, 0) is 45.0 Å². The minimum absolute atomic E-state index is 0.356. The van der Waals surface area contributed by atoms with Crippen molar-refractivity contribution in [2.45, 2.75) is 26.3 Å². The van der Waals surface area contributed by atoms with Crippen LogP contribution in [0.3, 0.4) is 0 Å². The van der Waals surface area contributed by atoms with Crippen LogP contribution in [-0.2, 0) is 4.79 Å². The SMILES string of the molecule is COc1ccc(NC(=O)N(CC(=O)O)C(C)(C)C)cc1. The summed E-state index contributed by atoms with van der Waals surface area (Å²) in [5, 5.41) is 11.6. The van der Waals surface area contributed by atoms with Crippen LogP contribution < -0.4 is 10.1 Å². The second kappa shape index (κ2) is 6.27. The van der Waals surface area contributed by atoms with E-state index in [4.69, 9.17) is 9.84 Å². The topological polar surface area (TPSA) is 78.9 Å². The van der Waals surface area contributed by atoms with Crippen LogP contribution in [0.4, 0.5) is 10.5 Å². The Morgan fingerprint density at radius 1 is 1.25 bits per heavy atom. The van der Waals surface area contributed by atoms with Crippen molar-refractivity contribution in [2.24, 2.45) is 0 Å². The Morgan fingerprint density at radius 3 is 2.20 bits per heavy atom. The Bertz CT molecular complexity index is 477. The van der Waals surface area contributed by atoms with E-state index in [9.17, 15) is 9.59 Å². The van der Waals surface area contributed by atoms with Gasteiger partial charge in [-0.15, -0.1) is 0 Å². The highest BCUT2D eigenvalue weighted by atomic mass is 16.5. The zero-order valence-electron chi connectivity index (χ0n) is 12.1. The first-order valence-electron chi connectivity index (χ1n) is 6.18. The molecule has 0 saturated carbocycles. The lowest BCUT2D eigenvalue weighted by atomic mass is 10.1. The highest BCUT2D eigenvalue weighted by Crippen LogP contribution is 2.18. The van der Waals surface area contributed by atoms with Crippen LogP contribution in [0.15, 0.2) is 24.3 Å². The van der Waals surface area contributed by atoms with Crippen molar-refractivity contribution in [3.05, 3.63) is 24.3 Å². The number of urea groups is 1. The number of carboxylic acid groups (broad SMARTS) is 1. The molecule has 0 fully saturated rings. The molecule has 6 nitrogen and oxygen atoms in total. The average molecular weight is 280 g/mol. The molecule has 0 atom stereocenters. The molecule has 110 valence electrons. The highest BCUT2D eigenvalue weighted by molar-refractivity contribution is 5.91. The van der Waals surface area contributed by atoms with Gasteiger partial charge in [0.2, 0.25) is 0 Å². The van der Waals surface area contributed by atoms with Crippen LogP contribution in [0.5, 0.6) is 5.75 Å². The number of rotatable bonds is 4. The predicted octanol–water partition coefficient (Wildman–Crippen LogP) is 2.41. The van der Waals surface area contributed by atoms with Crippen LogP contribution in [0.1, 0.15) is 20.8 Å². The molecular weight excluding hydrogens is 260 g/mol. The zero-order chi connectivity index (χ0) is 15.3. The van der Waals surface area contributed by atoms with E-state index in [0.29, 0.717) is 11.4 Å². The highest BCUT2D eigenvalue weighted by Gasteiger charge is 2.28. The number of carbonyl (C=O) groups excluding carboxylic acids is 1. The number of nitrogens with one attached hydrogen (secondary N) is 1. The van der Waals surface area contributed by atoms with Crippen LogP contribution in [-0.4, -0.2) is 41.2 Å². The van der Waals surface area contributed by atoms with E-state index < -0.39 is 17.5 Å². The number of ether oxygens (including phenoxy) is 1. The molecular formula is C14H20N2O4. The van der Waals surface area contributed by atoms with Crippen molar-refractivity contribution in [3.8, 4) is 5.75 Å². The van der Waals surface area contributed by atoms with E-state index in [1.807, 2.05) is 0 Å². The van der Waals surface area contributed by atoms with E-state index in [-0.39, 0.29) is 6.54 Å². The van der Waals surface area contributed by atoms with Gasteiger partial charge in [0.15, 0.2) is 0 Å². The lowest BCUT2D eigenvalue weighted by molar-refractivity contribution is -0.138. The first-order valence-corrected chi connectivity index (χ1v) is 6.18. The lowest BCUT2D eigenvalue weighted by Crippen LogP contribution is -2.50. The number of hydrogen-bond acceptors (Lipinski definition) is 3. The molecule has 2 N–H and O–H groups in total. The van der Waals surface area contributed by atoms with Gasteiger partial charge in [-0.1, -0.05) is 0 Å². The Hall–Kier alpha value is -2.24. The zero-order valence-corrected chi connectivity index (χ0v) is 12.1. The van der Waals surface area contributed by atoms with Crippen LogP contribution in [0, 0.1) is 0 Å². The largest absolute Gasteiger partial charge is 0.497 e. The molecule has 0 radical (unpaired) electrons. The molecule has 0 bridgehead atoms. The number of amides is 2. The molecule has 2 amide bonds. The molecule has 0 aromatic heterocycles. The van der Waals surface area contributed by atoms with Gasteiger partial charge in [0, 0.05) is 11.2 Å². The van der Waals surface area contributed by atoms with Gasteiger partial charge in [0.1, 0.15) is 12.3 Å². The van der Waals surface area contributed by atoms with Gasteiger partial charge < -0.3 is 20.1 Å². The third kappa shape index (κ3) is 4.46. The lowest BCUT2D eigenvalue weighted by Gasteiger charge is -2.34. The second-order valence-corrected chi connectivity index (χ2v) is 5.31. The van der Waals surface area contributed by atoms with Crippen LogP contribution in [0.2, 0.25) is 0 Å². The average Bonchev–Trinajstić information content (AvgIpc) is 2.35. The molecule has 0 heterocycles. The summed E-state index contributed by atoms with van der Waals surface area (Å²) in [5.41, 5.74) is -0.00924. The maximum atomic E-state index is 12.2. The predicted molar refractivity (Wildman–Crippen MR) is 76.1 cm³/mol. The number of aliphatic carboxylic acids is 1. The molecule has 0 aliphatic heterocycles. The van der Waals surface area contributed by atoms with E-state index >= 15 is 0 Å². The number of nitrogens with zero attached hydrogens (tertiary/aromatic N) is 1. The Balaban J connectivity index is 2.82. The van der Waals surface area contributed by atoms with Gasteiger partial charge in [-0.3, -0.25) is 4.79 Å². The van der Waals surface area contributed by atoms with Gasteiger partial charge in [-0.2, -0.15) is 0 Å². The van der Waals surface area contributed by atoms with E-state index in [2.05, 4.69) is 5.32 Å². The molecule has 0 aliphatic carbocycles. The molecule has 0 aliphatic rings. The molecule has 0 spiro atoms. The van der Waals surface area contributed by atoms with E-state index in [0.717, 1.165) is 0 Å². The van der Waals surface area contributed by atoms with Crippen molar-refractivity contribution in [1.82, 2.24) is 4.90 Å². The Morgan fingerprint density at radius 2 is 1.80 bits per heavy atom. The summed E-state index contributed by atoms with van der Waals surface area (Å²) in [4.78, 5) is 24.3. The first kappa shape index (κ1) is 15.8. The molecule has 0 unspecified atom stereocenters. The molecule has 1 rings (SSSR count).